The van der Waals surface area contributed by atoms with Crippen molar-refractivity contribution < 1.29 is 14.3 Å². The number of fused-ring (bicyclic) bond motifs is 1. The third-order valence-corrected chi connectivity index (χ3v) is 5.93. The van der Waals surface area contributed by atoms with Gasteiger partial charge in [-0.15, -0.1) is 0 Å². The van der Waals surface area contributed by atoms with Gasteiger partial charge in [0, 0.05) is 37.9 Å². The second kappa shape index (κ2) is 8.72. The number of ether oxygens (including phenoxy) is 2. The van der Waals surface area contributed by atoms with E-state index in [9.17, 15) is 4.79 Å². The van der Waals surface area contributed by atoms with Gasteiger partial charge in [-0.2, -0.15) is 0 Å². The van der Waals surface area contributed by atoms with Crippen LogP contribution in [-0.2, 0) is 13.0 Å². The minimum Gasteiger partial charge on any atom is -0.493 e. The van der Waals surface area contributed by atoms with Crippen LogP contribution in [0.25, 0.3) is 0 Å². The number of carbonyl (C=O) groups excluding carboxylic acids is 1. The zero-order valence-electron chi connectivity index (χ0n) is 17.3. The molecule has 2 aliphatic rings. The van der Waals surface area contributed by atoms with Crippen LogP contribution in [0.4, 0.5) is 5.82 Å². The van der Waals surface area contributed by atoms with E-state index < -0.39 is 0 Å². The van der Waals surface area contributed by atoms with E-state index in [0.29, 0.717) is 24.4 Å². The van der Waals surface area contributed by atoms with Gasteiger partial charge in [0.2, 0.25) is 0 Å². The molecule has 0 unspecified atom stereocenters. The van der Waals surface area contributed by atoms with Crippen molar-refractivity contribution in [3.8, 4) is 11.5 Å². The highest BCUT2D eigenvalue weighted by atomic mass is 16.5. The zero-order chi connectivity index (χ0) is 20.2. The monoisotopic (exact) mass is 395 g/mol. The summed E-state index contributed by atoms with van der Waals surface area (Å²) in [4.78, 5) is 22.0. The van der Waals surface area contributed by atoms with Crippen molar-refractivity contribution in [1.29, 1.82) is 0 Å². The quantitative estimate of drug-likeness (QED) is 0.791. The van der Waals surface area contributed by atoms with E-state index in [4.69, 9.17) is 9.47 Å². The molecule has 1 aromatic carbocycles. The number of hydrogen-bond acceptors (Lipinski definition) is 5. The number of aromatic nitrogens is 1. The maximum absolute atomic E-state index is 13.2. The molecule has 1 aromatic heterocycles. The largest absolute Gasteiger partial charge is 0.493 e. The van der Waals surface area contributed by atoms with E-state index in [1.165, 1.54) is 31.2 Å². The summed E-state index contributed by atoms with van der Waals surface area (Å²) in [5, 5.41) is 0. The minimum absolute atomic E-state index is 0.0592. The average Bonchev–Trinajstić information content (AvgIpc) is 3.07. The topological polar surface area (TPSA) is 54.9 Å². The first-order chi connectivity index (χ1) is 14.2. The minimum atomic E-state index is 0.0592. The van der Waals surface area contributed by atoms with Crippen LogP contribution in [0.3, 0.4) is 0 Å². The lowest BCUT2D eigenvalue weighted by molar-refractivity contribution is 0.0734. The number of anilines is 1. The molecule has 0 aliphatic carbocycles. The summed E-state index contributed by atoms with van der Waals surface area (Å²) in [6.45, 7) is 3.31. The van der Waals surface area contributed by atoms with Gasteiger partial charge in [-0.1, -0.05) is 12.8 Å². The second-order valence-electron chi connectivity index (χ2n) is 7.76. The highest BCUT2D eigenvalue weighted by molar-refractivity contribution is 5.95. The SMILES string of the molecule is COc1cc2c(cc1OC)CN(C(=O)c1ccnc(N3CCCCCC3)c1)CC2. The summed E-state index contributed by atoms with van der Waals surface area (Å²) in [6, 6.07) is 7.80. The number of carbonyl (C=O) groups is 1. The first-order valence-electron chi connectivity index (χ1n) is 10.4. The van der Waals surface area contributed by atoms with Gasteiger partial charge >= 0.3 is 0 Å². The van der Waals surface area contributed by atoms with Crippen LogP contribution in [0.1, 0.15) is 47.2 Å². The van der Waals surface area contributed by atoms with Crippen LogP contribution in [0.5, 0.6) is 11.5 Å². The van der Waals surface area contributed by atoms with Crippen molar-refractivity contribution in [2.75, 3.05) is 38.8 Å². The number of benzene rings is 1. The highest BCUT2D eigenvalue weighted by Gasteiger charge is 2.24. The number of nitrogens with zero attached hydrogens (tertiary/aromatic N) is 3. The molecule has 0 atom stereocenters. The molecule has 0 bridgehead atoms. The lowest BCUT2D eigenvalue weighted by Crippen LogP contribution is -2.36. The molecule has 0 N–H and O–H groups in total. The Morgan fingerprint density at radius 3 is 2.31 bits per heavy atom. The molecule has 1 amide bonds. The van der Waals surface area contributed by atoms with Crippen molar-refractivity contribution in [3.05, 3.63) is 47.2 Å². The molecule has 2 aromatic rings. The molecule has 4 rings (SSSR count). The molecule has 6 nitrogen and oxygen atoms in total. The van der Waals surface area contributed by atoms with Crippen molar-refractivity contribution in [2.45, 2.75) is 38.6 Å². The zero-order valence-corrected chi connectivity index (χ0v) is 17.3. The van der Waals surface area contributed by atoms with Crippen LogP contribution in [0.2, 0.25) is 0 Å². The van der Waals surface area contributed by atoms with E-state index >= 15 is 0 Å². The molecule has 0 radical (unpaired) electrons. The summed E-state index contributed by atoms with van der Waals surface area (Å²) in [6.07, 6.45) is 7.50. The molecule has 6 heteroatoms. The number of pyridine rings is 1. The standard InChI is InChI=1S/C23H29N3O3/c1-28-20-13-17-8-12-26(16-19(17)14-21(20)29-2)23(27)18-7-9-24-22(15-18)25-10-5-3-4-6-11-25/h7,9,13-15H,3-6,8,10-12,16H2,1-2H3. The van der Waals surface area contributed by atoms with Gasteiger partial charge in [-0.25, -0.2) is 4.98 Å². The molecule has 2 aliphatic heterocycles. The number of hydrogen-bond donors (Lipinski definition) is 0. The Morgan fingerprint density at radius 2 is 1.62 bits per heavy atom. The molecule has 3 heterocycles. The number of rotatable bonds is 4. The van der Waals surface area contributed by atoms with Crippen LogP contribution in [0.15, 0.2) is 30.5 Å². The first kappa shape index (κ1) is 19.6. The first-order valence-corrected chi connectivity index (χ1v) is 10.4. The third-order valence-electron chi connectivity index (χ3n) is 5.93. The van der Waals surface area contributed by atoms with Gasteiger partial charge in [0.05, 0.1) is 14.2 Å². The summed E-state index contributed by atoms with van der Waals surface area (Å²) >= 11 is 0. The van der Waals surface area contributed by atoms with Crippen LogP contribution >= 0.6 is 0 Å². The predicted molar refractivity (Wildman–Crippen MR) is 113 cm³/mol. The van der Waals surface area contributed by atoms with E-state index in [-0.39, 0.29) is 5.91 Å². The average molecular weight is 396 g/mol. The Morgan fingerprint density at radius 1 is 0.931 bits per heavy atom. The summed E-state index contributed by atoms with van der Waals surface area (Å²) in [5.41, 5.74) is 3.04. The Hall–Kier alpha value is -2.76. The molecular weight excluding hydrogens is 366 g/mol. The Bertz CT molecular complexity index is 876. The number of methoxy groups -OCH3 is 2. The van der Waals surface area contributed by atoms with Crippen molar-refractivity contribution in [1.82, 2.24) is 9.88 Å². The van der Waals surface area contributed by atoms with E-state index in [1.54, 1.807) is 20.4 Å². The van der Waals surface area contributed by atoms with Crippen molar-refractivity contribution >= 4 is 11.7 Å². The van der Waals surface area contributed by atoms with E-state index in [0.717, 1.165) is 36.6 Å². The molecule has 0 saturated carbocycles. The van der Waals surface area contributed by atoms with Gasteiger partial charge in [0.15, 0.2) is 11.5 Å². The van der Waals surface area contributed by atoms with Crippen LogP contribution < -0.4 is 14.4 Å². The second-order valence-corrected chi connectivity index (χ2v) is 7.76. The predicted octanol–water partition coefficient (Wildman–Crippen LogP) is 3.68. The Labute approximate surface area is 172 Å². The van der Waals surface area contributed by atoms with E-state index in [1.807, 2.05) is 29.2 Å². The maximum atomic E-state index is 13.2. The van der Waals surface area contributed by atoms with Crippen molar-refractivity contribution in [3.63, 3.8) is 0 Å². The summed E-state index contributed by atoms with van der Waals surface area (Å²) in [7, 11) is 3.28. The van der Waals surface area contributed by atoms with Gasteiger partial charge in [-0.05, 0) is 54.7 Å². The maximum Gasteiger partial charge on any atom is 0.254 e. The molecule has 1 fully saturated rings. The fourth-order valence-electron chi connectivity index (χ4n) is 4.26. The fraction of sp³-hybridized carbons (Fsp3) is 0.478. The molecular formula is C23H29N3O3. The normalized spacial score (nSPS) is 16.8. The molecule has 29 heavy (non-hydrogen) atoms. The van der Waals surface area contributed by atoms with Crippen LogP contribution in [-0.4, -0.2) is 49.6 Å². The third kappa shape index (κ3) is 4.16. The van der Waals surface area contributed by atoms with Gasteiger partial charge < -0.3 is 19.3 Å². The highest BCUT2D eigenvalue weighted by Crippen LogP contribution is 2.33. The van der Waals surface area contributed by atoms with Gasteiger partial charge in [0.1, 0.15) is 5.82 Å². The summed E-state index contributed by atoms with van der Waals surface area (Å²) in [5.74, 6) is 2.42. The lowest BCUT2D eigenvalue weighted by atomic mass is 9.98. The van der Waals surface area contributed by atoms with Gasteiger partial charge in [-0.3, -0.25) is 4.79 Å². The molecule has 0 spiro atoms. The van der Waals surface area contributed by atoms with Gasteiger partial charge in [0.25, 0.3) is 5.91 Å². The fourth-order valence-corrected chi connectivity index (χ4v) is 4.26. The Kier molecular flexibility index (Phi) is 5.88. The number of amides is 1. The smallest absolute Gasteiger partial charge is 0.254 e. The lowest BCUT2D eigenvalue weighted by Gasteiger charge is -2.30. The molecule has 154 valence electrons. The molecule has 1 saturated heterocycles. The van der Waals surface area contributed by atoms with E-state index in [2.05, 4.69) is 9.88 Å². The van der Waals surface area contributed by atoms with Crippen LogP contribution in [0, 0.1) is 0 Å². The van der Waals surface area contributed by atoms with Crippen molar-refractivity contribution in [2.24, 2.45) is 0 Å². The Balaban J connectivity index is 1.53. The summed E-state index contributed by atoms with van der Waals surface area (Å²) < 4.78 is 10.8.